The standard InChI is InChI=1S/C14H15N3O4/c18-12(15-8-10-4-2-1-3-5-10)9-17-13(19)7-6-11(16-17)14(20)21/h1-5H,6-9H2,(H,15,18)(H,20,21). The molecule has 1 aromatic carbocycles. The summed E-state index contributed by atoms with van der Waals surface area (Å²) < 4.78 is 0. The van der Waals surface area contributed by atoms with E-state index in [0.29, 0.717) is 6.54 Å². The Morgan fingerprint density at radius 2 is 1.95 bits per heavy atom. The van der Waals surface area contributed by atoms with E-state index in [0.717, 1.165) is 10.6 Å². The van der Waals surface area contributed by atoms with Gasteiger partial charge in [0.2, 0.25) is 11.8 Å². The Morgan fingerprint density at radius 3 is 2.62 bits per heavy atom. The summed E-state index contributed by atoms with van der Waals surface area (Å²) in [6.45, 7) is 0.0691. The third kappa shape index (κ3) is 4.13. The summed E-state index contributed by atoms with van der Waals surface area (Å²) >= 11 is 0. The number of aliphatic carboxylic acids is 1. The number of nitrogens with one attached hydrogen (secondary N) is 1. The van der Waals surface area contributed by atoms with E-state index in [-0.39, 0.29) is 36.9 Å². The third-order valence-corrected chi connectivity index (χ3v) is 2.98. The molecule has 110 valence electrons. The van der Waals surface area contributed by atoms with Crippen LogP contribution < -0.4 is 5.32 Å². The highest BCUT2D eigenvalue weighted by atomic mass is 16.4. The number of amides is 2. The highest BCUT2D eigenvalue weighted by molar-refractivity contribution is 6.36. The van der Waals surface area contributed by atoms with E-state index < -0.39 is 5.97 Å². The largest absolute Gasteiger partial charge is 0.477 e. The van der Waals surface area contributed by atoms with Gasteiger partial charge in [-0.05, 0) is 5.56 Å². The molecule has 2 N–H and O–H groups in total. The number of rotatable bonds is 5. The van der Waals surface area contributed by atoms with E-state index in [2.05, 4.69) is 10.4 Å². The summed E-state index contributed by atoms with van der Waals surface area (Å²) in [5.74, 6) is -1.91. The van der Waals surface area contributed by atoms with E-state index in [1.165, 1.54) is 0 Å². The van der Waals surface area contributed by atoms with Crippen molar-refractivity contribution in [2.75, 3.05) is 6.54 Å². The molecular formula is C14H15N3O4. The molecule has 0 unspecified atom stereocenters. The molecule has 1 heterocycles. The van der Waals surface area contributed by atoms with Gasteiger partial charge in [-0.2, -0.15) is 5.10 Å². The zero-order chi connectivity index (χ0) is 15.2. The Hall–Kier alpha value is -2.70. The number of benzene rings is 1. The smallest absolute Gasteiger partial charge is 0.352 e. The van der Waals surface area contributed by atoms with Gasteiger partial charge in [0.15, 0.2) is 0 Å². The van der Waals surface area contributed by atoms with Crippen LogP contribution in [0.3, 0.4) is 0 Å². The number of carbonyl (C=O) groups is 3. The minimum atomic E-state index is -1.17. The average Bonchev–Trinajstić information content (AvgIpc) is 2.48. The summed E-state index contributed by atoms with van der Waals surface area (Å²) in [7, 11) is 0. The highest BCUT2D eigenvalue weighted by Gasteiger charge is 2.25. The molecule has 0 atom stereocenters. The molecule has 2 rings (SSSR count). The topological polar surface area (TPSA) is 99.1 Å². The second-order valence-corrected chi connectivity index (χ2v) is 4.57. The lowest BCUT2D eigenvalue weighted by Crippen LogP contribution is -2.41. The molecule has 21 heavy (non-hydrogen) atoms. The molecule has 0 saturated carbocycles. The van der Waals surface area contributed by atoms with Crippen molar-refractivity contribution in [3.8, 4) is 0 Å². The SMILES string of the molecule is O=C(CN1N=C(C(=O)O)CCC1=O)NCc1ccccc1. The lowest BCUT2D eigenvalue weighted by Gasteiger charge is -2.21. The van der Waals surface area contributed by atoms with Gasteiger partial charge in [-0.1, -0.05) is 30.3 Å². The molecule has 0 spiro atoms. The summed E-state index contributed by atoms with van der Waals surface area (Å²) in [4.78, 5) is 34.2. The van der Waals surface area contributed by atoms with Gasteiger partial charge in [-0.15, -0.1) is 0 Å². The van der Waals surface area contributed by atoms with Gasteiger partial charge < -0.3 is 10.4 Å². The fourth-order valence-corrected chi connectivity index (χ4v) is 1.87. The Labute approximate surface area is 121 Å². The molecule has 0 aliphatic carbocycles. The van der Waals surface area contributed by atoms with Crippen LogP contribution in [0.25, 0.3) is 0 Å². The van der Waals surface area contributed by atoms with Crippen molar-refractivity contribution in [2.45, 2.75) is 19.4 Å². The first kappa shape index (κ1) is 14.7. The van der Waals surface area contributed by atoms with Gasteiger partial charge in [0.1, 0.15) is 12.3 Å². The maximum atomic E-state index is 11.8. The zero-order valence-corrected chi connectivity index (χ0v) is 11.3. The summed E-state index contributed by atoms with van der Waals surface area (Å²) in [5, 5.41) is 16.1. The zero-order valence-electron chi connectivity index (χ0n) is 11.3. The maximum absolute atomic E-state index is 11.8. The summed E-state index contributed by atoms with van der Waals surface area (Å²) in [6, 6.07) is 9.33. The van der Waals surface area contributed by atoms with Crippen LogP contribution in [0.15, 0.2) is 35.4 Å². The van der Waals surface area contributed by atoms with Crippen LogP contribution in [0.5, 0.6) is 0 Å². The van der Waals surface area contributed by atoms with Crippen molar-refractivity contribution in [3.63, 3.8) is 0 Å². The van der Waals surface area contributed by atoms with Crippen molar-refractivity contribution in [3.05, 3.63) is 35.9 Å². The molecule has 0 radical (unpaired) electrons. The van der Waals surface area contributed by atoms with Gasteiger partial charge in [-0.3, -0.25) is 9.59 Å². The Bertz CT molecular complexity index is 583. The van der Waals surface area contributed by atoms with Gasteiger partial charge in [0.25, 0.3) is 0 Å². The Kier molecular flexibility index (Phi) is 4.65. The number of hydrazone groups is 1. The second-order valence-electron chi connectivity index (χ2n) is 4.57. The molecule has 1 aromatic rings. The van der Waals surface area contributed by atoms with Gasteiger partial charge in [-0.25, -0.2) is 9.80 Å². The Balaban J connectivity index is 1.91. The molecule has 0 fully saturated rings. The van der Waals surface area contributed by atoms with Crippen LogP contribution >= 0.6 is 0 Å². The van der Waals surface area contributed by atoms with E-state index in [1.807, 2.05) is 30.3 Å². The highest BCUT2D eigenvalue weighted by Crippen LogP contribution is 2.09. The first-order chi connectivity index (χ1) is 10.1. The van der Waals surface area contributed by atoms with Gasteiger partial charge >= 0.3 is 5.97 Å². The first-order valence-corrected chi connectivity index (χ1v) is 6.48. The van der Waals surface area contributed by atoms with Crippen LogP contribution in [0.2, 0.25) is 0 Å². The molecule has 1 aliphatic rings. The van der Waals surface area contributed by atoms with Crippen molar-refractivity contribution in [1.29, 1.82) is 0 Å². The van der Waals surface area contributed by atoms with E-state index in [9.17, 15) is 14.4 Å². The fourth-order valence-electron chi connectivity index (χ4n) is 1.87. The molecule has 7 heteroatoms. The minimum Gasteiger partial charge on any atom is -0.477 e. The Morgan fingerprint density at radius 1 is 1.24 bits per heavy atom. The molecule has 2 amide bonds. The lowest BCUT2D eigenvalue weighted by atomic mass is 10.1. The number of nitrogens with zero attached hydrogens (tertiary/aromatic N) is 2. The quantitative estimate of drug-likeness (QED) is 0.817. The number of carboxylic acids is 1. The van der Waals surface area contributed by atoms with Crippen LogP contribution in [0.1, 0.15) is 18.4 Å². The molecule has 0 bridgehead atoms. The minimum absolute atomic E-state index is 0.0527. The first-order valence-electron chi connectivity index (χ1n) is 6.48. The monoisotopic (exact) mass is 289 g/mol. The molecular weight excluding hydrogens is 274 g/mol. The summed E-state index contributed by atoms with van der Waals surface area (Å²) in [5.41, 5.74) is 0.830. The van der Waals surface area contributed by atoms with E-state index in [4.69, 9.17) is 5.11 Å². The molecule has 1 aliphatic heterocycles. The van der Waals surface area contributed by atoms with E-state index in [1.54, 1.807) is 0 Å². The average molecular weight is 289 g/mol. The van der Waals surface area contributed by atoms with Crippen molar-refractivity contribution < 1.29 is 19.5 Å². The van der Waals surface area contributed by atoms with Crippen LogP contribution in [-0.4, -0.2) is 40.2 Å². The molecule has 7 nitrogen and oxygen atoms in total. The van der Waals surface area contributed by atoms with Crippen molar-refractivity contribution >= 4 is 23.5 Å². The number of carbonyl (C=O) groups excluding carboxylic acids is 2. The van der Waals surface area contributed by atoms with Crippen molar-refractivity contribution in [1.82, 2.24) is 10.3 Å². The molecule has 0 saturated heterocycles. The van der Waals surface area contributed by atoms with E-state index >= 15 is 0 Å². The third-order valence-electron chi connectivity index (χ3n) is 2.98. The summed E-state index contributed by atoms with van der Waals surface area (Å²) in [6.07, 6.45) is 0.146. The fraction of sp³-hybridized carbons (Fsp3) is 0.286. The van der Waals surface area contributed by atoms with Crippen molar-refractivity contribution in [2.24, 2.45) is 5.10 Å². The predicted octanol–water partition coefficient (Wildman–Crippen LogP) is 0.366. The van der Waals surface area contributed by atoms with Crippen LogP contribution in [0, 0.1) is 0 Å². The lowest BCUT2D eigenvalue weighted by molar-refractivity contribution is -0.137. The molecule has 0 aromatic heterocycles. The van der Waals surface area contributed by atoms with Crippen LogP contribution in [-0.2, 0) is 20.9 Å². The second kappa shape index (κ2) is 6.65. The van der Waals surface area contributed by atoms with Gasteiger partial charge in [0, 0.05) is 19.4 Å². The maximum Gasteiger partial charge on any atom is 0.352 e. The number of carboxylic acid groups (broad SMARTS) is 1. The van der Waals surface area contributed by atoms with Gasteiger partial charge in [0.05, 0.1) is 0 Å². The normalized spacial score (nSPS) is 14.6. The number of hydrogen-bond acceptors (Lipinski definition) is 4. The predicted molar refractivity (Wildman–Crippen MR) is 74.3 cm³/mol. The van der Waals surface area contributed by atoms with Crippen LogP contribution in [0.4, 0.5) is 0 Å². The number of hydrogen-bond donors (Lipinski definition) is 2.